The maximum absolute atomic E-state index is 12.5. The number of hydrogen-bond acceptors (Lipinski definition) is 7. The summed E-state index contributed by atoms with van der Waals surface area (Å²) in [7, 11) is 1.58. The van der Waals surface area contributed by atoms with E-state index >= 15 is 0 Å². The molecule has 2 N–H and O–H groups in total. The summed E-state index contributed by atoms with van der Waals surface area (Å²) in [4.78, 5) is 32.6. The molecule has 0 fully saturated rings. The minimum Gasteiger partial charge on any atom is -0.441 e. The van der Waals surface area contributed by atoms with E-state index in [2.05, 4.69) is 37.5 Å². The number of rotatable bonds is 9. The zero-order valence-electron chi connectivity index (χ0n) is 18.8. The van der Waals surface area contributed by atoms with Crippen LogP contribution in [0.25, 0.3) is 11.4 Å². The fourth-order valence-corrected chi connectivity index (χ4v) is 3.21. The molecule has 0 aromatic carbocycles. The van der Waals surface area contributed by atoms with Crippen LogP contribution in [-0.2, 0) is 16.6 Å². The Morgan fingerprint density at radius 3 is 2.63 bits per heavy atom. The molecule has 0 unspecified atom stereocenters. The van der Waals surface area contributed by atoms with Gasteiger partial charge in [0.25, 0.3) is 6.43 Å². The van der Waals surface area contributed by atoms with Gasteiger partial charge in [-0.1, -0.05) is 29.5 Å². The molecule has 0 bridgehead atoms. The monoisotopic (exact) mass is 505 g/mol. The van der Waals surface area contributed by atoms with Crippen molar-refractivity contribution < 1.29 is 23.1 Å². The highest BCUT2D eigenvalue weighted by molar-refractivity contribution is 6.30. The predicted molar refractivity (Wildman–Crippen MR) is 125 cm³/mol. The summed E-state index contributed by atoms with van der Waals surface area (Å²) in [6.07, 6.45) is -1.44. The number of pyridine rings is 2. The average molecular weight is 506 g/mol. The van der Waals surface area contributed by atoms with Crippen molar-refractivity contribution in [2.45, 2.75) is 32.3 Å². The number of anilines is 2. The van der Waals surface area contributed by atoms with Crippen molar-refractivity contribution in [1.29, 1.82) is 0 Å². The first-order valence-electron chi connectivity index (χ1n) is 10.4. The molecule has 0 aliphatic rings. The minimum absolute atomic E-state index is 0.120. The van der Waals surface area contributed by atoms with Crippen LogP contribution in [0.3, 0.4) is 0 Å². The van der Waals surface area contributed by atoms with Gasteiger partial charge < -0.3 is 10.1 Å². The highest BCUT2D eigenvalue weighted by Gasteiger charge is 2.20. The van der Waals surface area contributed by atoms with Gasteiger partial charge in [0.05, 0.1) is 17.6 Å². The van der Waals surface area contributed by atoms with Crippen LogP contribution in [0.4, 0.5) is 25.1 Å². The number of allylic oxidation sites excluding steroid dienone is 1. The Bertz CT molecular complexity index is 1220. The van der Waals surface area contributed by atoms with E-state index in [1.54, 1.807) is 38.2 Å². The van der Waals surface area contributed by atoms with Gasteiger partial charge in [-0.2, -0.15) is 0 Å². The minimum atomic E-state index is -2.66. The Kier molecular flexibility index (Phi) is 8.42. The van der Waals surface area contributed by atoms with E-state index in [9.17, 15) is 18.4 Å². The van der Waals surface area contributed by atoms with Crippen LogP contribution >= 0.6 is 11.6 Å². The molecule has 0 spiro atoms. The van der Waals surface area contributed by atoms with E-state index in [4.69, 9.17) is 16.3 Å². The number of nitrogens with one attached hydrogen (secondary N) is 2. The van der Waals surface area contributed by atoms with Crippen LogP contribution in [0.1, 0.15) is 31.4 Å². The molecule has 3 heterocycles. The van der Waals surface area contributed by atoms with Crippen molar-refractivity contribution in [3.8, 4) is 11.4 Å². The maximum Gasteiger partial charge on any atom is 0.413 e. The normalized spacial score (nSPS) is 11.7. The fraction of sp³-hybridized carbons (Fsp3) is 0.273. The summed E-state index contributed by atoms with van der Waals surface area (Å²) in [5.74, 6) is -0.219. The molecule has 13 heteroatoms. The molecule has 3 rings (SSSR count). The second-order valence-electron chi connectivity index (χ2n) is 7.41. The number of ether oxygens (including phenoxy) is 1. The van der Waals surface area contributed by atoms with Crippen LogP contribution in [0, 0.1) is 0 Å². The first-order chi connectivity index (χ1) is 16.7. The van der Waals surface area contributed by atoms with Crippen molar-refractivity contribution in [3.05, 3.63) is 59.5 Å². The molecule has 35 heavy (non-hydrogen) atoms. The second kappa shape index (κ2) is 11.5. The van der Waals surface area contributed by atoms with Crippen LogP contribution in [0.15, 0.2) is 48.8 Å². The van der Waals surface area contributed by atoms with Crippen LogP contribution in [-0.4, -0.2) is 43.4 Å². The van der Waals surface area contributed by atoms with Gasteiger partial charge in [-0.25, -0.2) is 23.2 Å². The topological polar surface area (TPSA) is 124 Å². The molecule has 0 saturated carbocycles. The quantitative estimate of drug-likeness (QED) is 0.317. The average Bonchev–Trinajstić information content (AvgIpc) is 3.17. The zero-order valence-corrected chi connectivity index (χ0v) is 19.6. The van der Waals surface area contributed by atoms with Crippen LogP contribution < -0.4 is 10.6 Å². The number of alkyl halides is 2. The molecule has 184 valence electrons. The van der Waals surface area contributed by atoms with Crippen LogP contribution in [0.5, 0.6) is 0 Å². The van der Waals surface area contributed by atoms with Crippen molar-refractivity contribution in [2.24, 2.45) is 7.05 Å². The smallest absolute Gasteiger partial charge is 0.413 e. The number of nitrogens with zero attached hydrogens (tertiary/aromatic N) is 5. The third-order valence-electron chi connectivity index (χ3n) is 4.83. The lowest BCUT2D eigenvalue weighted by Gasteiger charge is -2.15. The first kappa shape index (κ1) is 25.7. The van der Waals surface area contributed by atoms with Crippen molar-refractivity contribution in [1.82, 2.24) is 25.0 Å². The molecule has 0 aliphatic carbocycles. The summed E-state index contributed by atoms with van der Waals surface area (Å²) in [6.45, 7) is 4.89. The largest absolute Gasteiger partial charge is 0.441 e. The second-order valence-corrected chi connectivity index (χ2v) is 7.76. The molecule has 1 atom stereocenters. The molecule has 3 aromatic rings. The van der Waals surface area contributed by atoms with Crippen molar-refractivity contribution in [3.63, 3.8) is 0 Å². The lowest BCUT2D eigenvalue weighted by Crippen LogP contribution is -2.18. The predicted octanol–water partition coefficient (Wildman–Crippen LogP) is 4.78. The van der Waals surface area contributed by atoms with Gasteiger partial charge in [-0.3, -0.25) is 15.1 Å². The van der Waals surface area contributed by atoms with Gasteiger partial charge in [0.1, 0.15) is 11.3 Å². The fourth-order valence-electron chi connectivity index (χ4n) is 2.94. The molecule has 2 amide bonds. The lowest BCUT2D eigenvalue weighted by atomic mass is 10.1. The van der Waals surface area contributed by atoms with Crippen LogP contribution in [0.2, 0.25) is 5.15 Å². The molecule has 0 radical (unpaired) electrons. The number of amides is 2. The van der Waals surface area contributed by atoms with E-state index in [0.717, 1.165) is 0 Å². The van der Waals surface area contributed by atoms with Crippen molar-refractivity contribution in [2.75, 3.05) is 10.6 Å². The summed E-state index contributed by atoms with van der Waals surface area (Å²) >= 11 is 6.05. The summed E-state index contributed by atoms with van der Waals surface area (Å²) in [5.41, 5.74) is 1.24. The van der Waals surface area contributed by atoms with Gasteiger partial charge in [-0.05, 0) is 37.1 Å². The lowest BCUT2D eigenvalue weighted by molar-refractivity contribution is -0.116. The van der Waals surface area contributed by atoms with Gasteiger partial charge in [0, 0.05) is 25.2 Å². The third kappa shape index (κ3) is 6.79. The van der Waals surface area contributed by atoms with Crippen molar-refractivity contribution >= 4 is 35.1 Å². The Balaban J connectivity index is 1.64. The summed E-state index contributed by atoms with van der Waals surface area (Å²) in [6, 6.07) is 6.50. The van der Waals surface area contributed by atoms with E-state index in [1.807, 2.05) is 0 Å². The summed E-state index contributed by atoms with van der Waals surface area (Å²) in [5, 5.41) is 13.3. The Morgan fingerprint density at radius 2 is 1.97 bits per heavy atom. The number of halogens is 3. The van der Waals surface area contributed by atoms with E-state index in [1.165, 1.54) is 17.1 Å². The highest BCUT2D eigenvalue weighted by Crippen LogP contribution is 2.27. The Morgan fingerprint density at radius 1 is 1.20 bits per heavy atom. The first-order valence-corrected chi connectivity index (χ1v) is 10.7. The molecule has 0 aliphatic heterocycles. The number of aryl methyl sites for hydroxylation is 1. The molecule has 0 saturated heterocycles. The van der Waals surface area contributed by atoms with Gasteiger partial charge in [0.15, 0.2) is 11.5 Å². The van der Waals surface area contributed by atoms with Gasteiger partial charge >= 0.3 is 6.09 Å². The molecular formula is C22H22ClF2N7O3. The van der Waals surface area contributed by atoms with E-state index in [0.29, 0.717) is 16.9 Å². The Hall–Kier alpha value is -3.93. The molecule has 10 nitrogen and oxygen atoms in total. The van der Waals surface area contributed by atoms with Gasteiger partial charge in [-0.15, -0.1) is 5.10 Å². The third-order valence-corrected chi connectivity index (χ3v) is 5.14. The number of carbonyl (C=O) groups is 2. The van der Waals surface area contributed by atoms with E-state index in [-0.39, 0.29) is 35.1 Å². The number of aromatic nitrogens is 5. The molecule has 3 aromatic heterocycles. The SMILES string of the molecule is C=C(CCC(=O)Nc1ccc(-c2nnn(C)c2NC(=O)O[C@H](C)c2cccnc2Cl)nc1)C(F)F. The van der Waals surface area contributed by atoms with Gasteiger partial charge in [0.2, 0.25) is 5.91 Å². The number of carbonyl (C=O) groups excluding carboxylic acids is 2. The van der Waals surface area contributed by atoms with E-state index < -0.39 is 24.5 Å². The highest BCUT2D eigenvalue weighted by atomic mass is 35.5. The number of hydrogen-bond donors (Lipinski definition) is 2. The zero-order chi connectivity index (χ0) is 25.5. The Labute approximate surface area is 204 Å². The maximum atomic E-state index is 12.5. The standard InChI is InChI=1S/C22H22ClF2N7O3/c1-12(20(24)25)6-9-17(33)28-14-7-8-16(27-11-14)18-21(32(3)31-30-18)29-22(34)35-13(2)15-5-4-10-26-19(15)23/h4-5,7-8,10-11,13,20H,1,6,9H2,2-3H3,(H,28,33)(H,29,34)/t13-/m1/s1. The summed E-state index contributed by atoms with van der Waals surface area (Å²) < 4.78 is 31.7. The molecular weight excluding hydrogens is 484 g/mol.